The zero-order valence-corrected chi connectivity index (χ0v) is 4.93. The van der Waals surface area contributed by atoms with Gasteiger partial charge in [0.1, 0.15) is 0 Å². The maximum Gasteiger partial charge on any atom is 0.249 e. The molecule has 48 valence electrons. The summed E-state index contributed by atoms with van der Waals surface area (Å²) >= 11 is 0. The van der Waals surface area contributed by atoms with Crippen LogP contribution < -0.4 is 5.32 Å². The van der Waals surface area contributed by atoms with Gasteiger partial charge in [-0.15, -0.1) is 0 Å². The number of nitrogens with one attached hydrogen (secondary N) is 1. The fraction of sp³-hybridized carbons (Fsp3) is 0.750. The summed E-state index contributed by atoms with van der Waals surface area (Å²) in [6.45, 7) is -0.0486. The van der Waals surface area contributed by atoms with Gasteiger partial charge in [0.05, 0.1) is 7.11 Å². The number of rotatable bonds is 3. The zero-order chi connectivity index (χ0) is 6.41. The highest BCUT2D eigenvalue weighted by Gasteiger charge is 1.93. The average Bonchev–Trinajstić information content (AvgIpc) is 1.83. The van der Waals surface area contributed by atoms with E-state index in [2.05, 4.69) is 15.1 Å². The molecular weight excluding hydrogens is 110 g/mol. The summed E-state index contributed by atoms with van der Waals surface area (Å²) in [7, 11) is 2.88. The van der Waals surface area contributed by atoms with Crippen LogP contribution in [-0.4, -0.2) is 26.7 Å². The third-order valence-electron chi connectivity index (χ3n) is 0.587. The lowest BCUT2D eigenvalue weighted by Gasteiger charge is -1.95. The Morgan fingerprint density at radius 3 is 2.75 bits per heavy atom. The van der Waals surface area contributed by atoms with Crippen LogP contribution in [0.5, 0.6) is 0 Å². The Kier molecular flexibility index (Phi) is 4.20. The molecule has 0 aliphatic carbocycles. The van der Waals surface area contributed by atoms with E-state index in [0.717, 1.165) is 0 Å². The first-order chi connectivity index (χ1) is 3.81. The first kappa shape index (κ1) is 7.39. The minimum atomic E-state index is -0.202. The van der Waals surface area contributed by atoms with Crippen molar-refractivity contribution in [2.75, 3.05) is 20.8 Å². The largest absolute Gasteiger partial charge is 0.357 e. The summed E-state index contributed by atoms with van der Waals surface area (Å²) < 4.78 is 0. The molecule has 0 rings (SSSR count). The molecule has 0 aromatic carbocycles. The summed E-state index contributed by atoms with van der Waals surface area (Å²) in [5, 5.41) is 2.36. The van der Waals surface area contributed by atoms with E-state index in [1.54, 1.807) is 0 Å². The van der Waals surface area contributed by atoms with Gasteiger partial charge in [-0.25, -0.2) is 9.78 Å². The molecule has 0 radical (unpaired) electrons. The van der Waals surface area contributed by atoms with E-state index in [1.807, 2.05) is 0 Å². The molecule has 0 saturated heterocycles. The Balaban J connectivity index is 2.99. The Labute approximate surface area is 47.7 Å². The lowest BCUT2D eigenvalue weighted by atomic mass is 10.7. The molecular formula is C4H9NO3. The highest BCUT2D eigenvalue weighted by atomic mass is 17.2. The van der Waals surface area contributed by atoms with Crippen molar-refractivity contribution in [3.05, 3.63) is 0 Å². The number of amides is 1. The maximum atomic E-state index is 10.3. The molecule has 0 aliphatic rings. The van der Waals surface area contributed by atoms with Crippen molar-refractivity contribution >= 4 is 5.91 Å². The molecule has 0 unspecified atom stereocenters. The van der Waals surface area contributed by atoms with Crippen molar-refractivity contribution < 1.29 is 14.6 Å². The van der Waals surface area contributed by atoms with Crippen LogP contribution in [0.2, 0.25) is 0 Å². The predicted molar refractivity (Wildman–Crippen MR) is 27.0 cm³/mol. The Hall–Kier alpha value is -0.610. The number of carbonyl (C=O) groups is 1. The van der Waals surface area contributed by atoms with Gasteiger partial charge in [0.25, 0.3) is 0 Å². The first-order valence-corrected chi connectivity index (χ1v) is 2.17. The zero-order valence-electron chi connectivity index (χ0n) is 4.93. The quantitative estimate of drug-likeness (QED) is 0.395. The van der Waals surface area contributed by atoms with Gasteiger partial charge in [-0.05, 0) is 0 Å². The van der Waals surface area contributed by atoms with E-state index in [-0.39, 0.29) is 12.5 Å². The van der Waals surface area contributed by atoms with Gasteiger partial charge in [-0.1, -0.05) is 0 Å². The number of carbonyl (C=O) groups excluding carboxylic acids is 1. The molecule has 0 aliphatic heterocycles. The summed E-state index contributed by atoms with van der Waals surface area (Å²) in [4.78, 5) is 18.7. The monoisotopic (exact) mass is 119 g/mol. The third kappa shape index (κ3) is 3.58. The minimum Gasteiger partial charge on any atom is -0.357 e. The van der Waals surface area contributed by atoms with Crippen LogP contribution in [0, 0.1) is 0 Å². The van der Waals surface area contributed by atoms with Gasteiger partial charge in [-0.2, -0.15) is 0 Å². The van der Waals surface area contributed by atoms with Crippen LogP contribution in [0.3, 0.4) is 0 Å². The molecule has 0 aromatic heterocycles. The van der Waals surface area contributed by atoms with E-state index in [0.29, 0.717) is 0 Å². The Morgan fingerprint density at radius 1 is 1.75 bits per heavy atom. The first-order valence-electron chi connectivity index (χ1n) is 2.17. The van der Waals surface area contributed by atoms with Crippen molar-refractivity contribution in [2.45, 2.75) is 0 Å². The van der Waals surface area contributed by atoms with Crippen molar-refractivity contribution in [3.8, 4) is 0 Å². The second-order valence-electron chi connectivity index (χ2n) is 1.10. The molecule has 1 amide bonds. The molecule has 0 bridgehead atoms. The van der Waals surface area contributed by atoms with E-state index in [1.165, 1.54) is 14.2 Å². The van der Waals surface area contributed by atoms with Crippen LogP contribution in [0.4, 0.5) is 0 Å². The van der Waals surface area contributed by atoms with Crippen molar-refractivity contribution in [1.82, 2.24) is 5.32 Å². The van der Waals surface area contributed by atoms with Crippen molar-refractivity contribution in [2.24, 2.45) is 0 Å². The predicted octanol–water partition coefficient (Wildman–Crippen LogP) is -0.690. The van der Waals surface area contributed by atoms with Crippen LogP contribution in [-0.2, 0) is 14.6 Å². The maximum absolute atomic E-state index is 10.3. The molecule has 0 heterocycles. The van der Waals surface area contributed by atoms with Crippen LogP contribution >= 0.6 is 0 Å². The van der Waals surface area contributed by atoms with Crippen LogP contribution in [0.15, 0.2) is 0 Å². The Bertz CT molecular complexity index is 73.7. The van der Waals surface area contributed by atoms with E-state index in [9.17, 15) is 4.79 Å². The van der Waals surface area contributed by atoms with Gasteiger partial charge >= 0.3 is 0 Å². The summed E-state index contributed by atoms with van der Waals surface area (Å²) in [5.74, 6) is -0.202. The van der Waals surface area contributed by atoms with E-state index >= 15 is 0 Å². The third-order valence-corrected chi connectivity index (χ3v) is 0.587. The fourth-order valence-corrected chi connectivity index (χ4v) is 0.185. The minimum absolute atomic E-state index is 0.0486. The SMILES string of the molecule is CNC(=O)COOC. The lowest BCUT2D eigenvalue weighted by Crippen LogP contribution is -2.22. The van der Waals surface area contributed by atoms with Crippen molar-refractivity contribution in [3.63, 3.8) is 0 Å². The molecule has 4 heteroatoms. The second-order valence-corrected chi connectivity index (χ2v) is 1.10. The molecule has 0 spiro atoms. The second kappa shape index (κ2) is 4.55. The summed E-state index contributed by atoms with van der Waals surface area (Å²) in [5.41, 5.74) is 0. The fourth-order valence-electron chi connectivity index (χ4n) is 0.185. The molecule has 4 nitrogen and oxygen atoms in total. The molecule has 0 fully saturated rings. The smallest absolute Gasteiger partial charge is 0.249 e. The number of hydrogen-bond donors (Lipinski definition) is 1. The molecule has 0 saturated carbocycles. The van der Waals surface area contributed by atoms with Gasteiger partial charge in [-0.3, -0.25) is 4.79 Å². The summed E-state index contributed by atoms with van der Waals surface area (Å²) in [6.07, 6.45) is 0. The topological polar surface area (TPSA) is 47.6 Å². The van der Waals surface area contributed by atoms with Gasteiger partial charge in [0.2, 0.25) is 5.91 Å². The molecule has 0 aromatic rings. The number of hydrogen-bond acceptors (Lipinski definition) is 3. The van der Waals surface area contributed by atoms with Gasteiger partial charge in [0, 0.05) is 7.05 Å². The highest BCUT2D eigenvalue weighted by Crippen LogP contribution is 1.70. The van der Waals surface area contributed by atoms with Gasteiger partial charge in [0.15, 0.2) is 6.61 Å². The lowest BCUT2D eigenvalue weighted by molar-refractivity contribution is -0.267. The standard InChI is InChI=1S/C4H9NO3/c1-5-4(6)3-8-7-2/h3H2,1-2H3,(H,5,6). The van der Waals surface area contributed by atoms with Crippen LogP contribution in [0.25, 0.3) is 0 Å². The molecule has 8 heavy (non-hydrogen) atoms. The van der Waals surface area contributed by atoms with Crippen LogP contribution in [0.1, 0.15) is 0 Å². The normalized spacial score (nSPS) is 8.75. The number of likely N-dealkylation sites (N-methyl/N-ethyl adjacent to an activating group) is 1. The highest BCUT2D eigenvalue weighted by molar-refractivity contribution is 5.76. The summed E-state index contributed by atoms with van der Waals surface area (Å²) in [6, 6.07) is 0. The van der Waals surface area contributed by atoms with E-state index < -0.39 is 0 Å². The van der Waals surface area contributed by atoms with Gasteiger partial charge < -0.3 is 5.32 Å². The van der Waals surface area contributed by atoms with Crippen molar-refractivity contribution in [1.29, 1.82) is 0 Å². The van der Waals surface area contributed by atoms with E-state index in [4.69, 9.17) is 0 Å². The average molecular weight is 119 g/mol. The molecule has 0 atom stereocenters. The molecule has 1 N–H and O–H groups in total. The Morgan fingerprint density at radius 2 is 2.38 bits per heavy atom.